The fourth-order valence-electron chi connectivity index (χ4n) is 0.983. The fourth-order valence-corrected chi connectivity index (χ4v) is 0.983. The van der Waals surface area contributed by atoms with Gasteiger partial charge in [-0.25, -0.2) is 0 Å². The van der Waals surface area contributed by atoms with Crippen LogP contribution in [0.15, 0.2) is 35.1 Å². The number of nitrogens with zero attached hydrogens (tertiary/aromatic N) is 2. The minimum absolute atomic E-state index is 0.382. The maximum Gasteiger partial charge on any atom is 0.157 e. The summed E-state index contributed by atoms with van der Waals surface area (Å²) >= 11 is 0. The molecule has 0 aliphatic carbocycles. The van der Waals surface area contributed by atoms with Gasteiger partial charge in [0.25, 0.3) is 0 Å². The van der Waals surface area contributed by atoms with E-state index in [2.05, 4.69) is 10.2 Å². The second-order valence-electron chi connectivity index (χ2n) is 2.31. The van der Waals surface area contributed by atoms with E-state index in [1.54, 1.807) is 24.6 Å². The molecule has 0 bridgehead atoms. The molecule has 4 heteroatoms. The van der Waals surface area contributed by atoms with E-state index in [1.165, 1.54) is 0 Å². The summed E-state index contributed by atoms with van der Waals surface area (Å²) in [5.74, 6) is 1.09. The summed E-state index contributed by atoms with van der Waals surface area (Å²) in [6.45, 7) is 0. The third kappa shape index (κ3) is 1.03. The van der Waals surface area contributed by atoms with Crippen molar-refractivity contribution in [2.75, 3.05) is 5.73 Å². The predicted molar refractivity (Wildman–Crippen MR) is 44.1 cm³/mol. The highest BCUT2D eigenvalue weighted by atomic mass is 16.3. The molecule has 0 saturated heterocycles. The highest BCUT2D eigenvalue weighted by molar-refractivity contribution is 5.68. The monoisotopic (exact) mass is 161 g/mol. The zero-order valence-electron chi connectivity index (χ0n) is 6.27. The van der Waals surface area contributed by atoms with Crippen LogP contribution in [-0.2, 0) is 0 Å². The maximum atomic E-state index is 5.58. The van der Waals surface area contributed by atoms with Gasteiger partial charge in [-0.05, 0) is 18.2 Å². The van der Waals surface area contributed by atoms with Crippen molar-refractivity contribution >= 4 is 5.82 Å². The number of hydrogen-bond acceptors (Lipinski definition) is 4. The third-order valence-corrected chi connectivity index (χ3v) is 1.54. The van der Waals surface area contributed by atoms with Crippen molar-refractivity contribution in [2.45, 2.75) is 0 Å². The summed E-state index contributed by atoms with van der Waals surface area (Å²) < 4.78 is 5.15. The van der Waals surface area contributed by atoms with E-state index in [9.17, 15) is 0 Å². The molecule has 60 valence electrons. The number of nitrogen functional groups attached to an aromatic ring is 1. The minimum Gasteiger partial charge on any atom is -0.464 e. The van der Waals surface area contributed by atoms with E-state index >= 15 is 0 Å². The van der Waals surface area contributed by atoms with Gasteiger partial charge < -0.3 is 10.2 Å². The summed E-state index contributed by atoms with van der Waals surface area (Å²) in [7, 11) is 0. The molecular formula is C8H7N3O. The average molecular weight is 161 g/mol. The standard InChI is InChI=1S/C8H7N3O/c9-8-6(3-4-10-11-8)7-2-1-5-12-7/h1-5H,(H2,9,11). The number of rotatable bonds is 1. The van der Waals surface area contributed by atoms with Crippen LogP contribution in [0.1, 0.15) is 0 Å². The summed E-state index contributed by atoms with van der Waals surface area (Å²) in [4.78, 5) is 0. The molecule has 0 fully saturated rings. The molecule has 0 aromatic carbocycles. The minimum atomic E-state index is 0.382. The van der Waals surface area contributed by atoms with Gasteiger partial charge >= 0.3 is 0 Å². The van der Waals surface area contributed by atoms with Crippen molar-refractivity contribution in [3.8, 4) is 11.3 Å². The van der Waals surface area contributed by atoms with Crippen LogP contribution in [0, 0.1) is 0 Å². The summed E-state index contributed by atoms with van der Waals surface area (Å²) in [5, 5.41) is 7.34. The molecule has 0 unspecified atom stereocenters. The van der Waals surface area contributed by atoms with Gasteiger partial charge in [0, 0.05) is 0 Å². The zero-order valence-corrected chi connectivity index (χ0v) is 6.27. The number of anilines is 1. The second-order valence-corrected chi connectivity index (χ2v) is 2.31. The lowest BCUT2D eigenvalue weighted by Crippen LogP contribution is -1.94. The van der Waals surface area contributed by atoms with Crippen molar-refractivity contribution in [3.05, 3.63) is 30.7 Å². The van der Waals surface area contributed by atoms with E-state index in [0.717, 1.165) is 5.56 Å². The van der Waals surface area contributed by atoms with Gasteiger partial charge in [-0.2, -0.15) is 5.10 Å². The Morgan fingerprint density at radius 2 is 2.25 bits per heavy atom. The van der Waals surface area contributed by atoms with Gasteiger partial charge in [0.15, 0.2) is 5.82 Å². The van der Waals surface area contributed by atoms with Crippen LogP contribution < -0.4 is 5.73 Å². The predicted octanol–water partition coefficient (Wildman–Crippen LogP) is 1.32. The van der Waals surface area contributed by atoms with Crippen molar-refractivity contribution < 1.29 is 4.42 Å². The molecule has 2 rings (SSSR count). The Morgan fingerprint density at radius 1 is 1.33 bits per heavy atom. The molecule has 12 heavy (non-hydrogen) atoms. The molecule has 2 aromatic heterocycles. The van der Waals surface area contributed by atoms with Crippen molar-refractivity contribution in [1.29, 1.82) is 0 Å². The lowest BCUT2D eigenvalue weighted by molar-refractivity contribution is 0.582. The molecule has 4 nitrogen and oxygen atoms in total. The lowest BCUT2D eigenvalue weighted by atomic mass is 10.2. The smallest absolute Gasteiger partial charge is 0.157 e. The Kier molecular flexibility index (Phi) is 1.51. The van der Waals surface area contributed by atoms with E-state index in [1.807, 2.05) is 6.07 Å². The molecule has 2 N–H and O–H groups in total. The first kappa shape index (κ1) is 6.84. The van der Waals surface area contributed by atoms with E-state index in [-0.39, 0.29) is 0 Å². The molecule has 2 aromatic rings. The van der Waals surface area contributed by atoms with Gasteiger partial charge in [-0.1, -0.05) is 0 Å². The van der Waals surface area contributed by atoms with Gasteiger partial charge in [0.2, 0.25) is 0 Å². The topological polar surface area (TPSA) is 64.9 Å². The first-order valence-electron chi connectivity index (χ1n) is 3.49. The summed E-state index contributed by atoms with van der Waals surface area (Å²) in [6, 6.07) is 5.39. The van der Waals surface area contributed by atoms with Crippen LogP contribution in [0.5, 0.6) is 0 Å². The van der Waals surface area contributed by atoms with E-state index in [4.69, 9.17) is 10.2 Å². The number of furan rings is 1. The molecule has 0 radical (unpaired) electrons. The second kappa shape index (κ2) is 2.65. The first-order valence-corrected chi connectivity index (χ1v) is 3.49. The summed E-state index contributed by atoms with van der Waals surface area (Å²) in [5.41, 5.74) is 6.35. The zero-order chi connectivity index (χ0) is 8.39. The van der Waals surface area contributed by atoms with Crippen molar-refractivity contribution in [2.24, 2.45) is 0 Å². The van der Waals surface area contributed by atoms with Gasteiger partial charge in [-0.15, -0.1) is 5.10 Å². The highest BCUT2D eigenvalue weighted by Gasteiger charge is 2.04. The SMILES string of the molecule is Nc1nnccc1-c1ccco1. The van der Waals surface area contributed by atoms with E-state index in [0.29, 0.717) is 11.6 Å². The molecule has 0 atom stereocenters. The molecule has 0 saturated carbocycles. The molecular weight excluding hydrogens is 154 g/mol. The molecule has 0 aliphatic rings. The van der Waals surface area contributed by atoms with Crippen LogP contribution in [0.3, 0.4) is 0 Å². The fraction of sp³-hybridized carbons (Fsp3) is 0. The van der Waals surface area contributed by atoms with Crippen LogP contribution in [0.2, 0.25) is 0 Å². The number of hydrogen-bond donors (Lipinski definition) is 1. The van der Waals surface area contributed by atoms with E-state index < -0.39 is 0 Å². The Morgan fingerprint density at radius 3 is 2.92 bits per heavy atom. The number of aromatic nitrogens is 2. The normalized spacial score (nSPS) is 10.0. The molecule has 0 spiro atoms. The van der Waals surface area contributed by atoms with Crippen LogP contribution in [-0.4, -0.2) is 10.2 Å². The lowest BCUT2D eigenvalue weighted by Gasteiger charge is -1.97. The van der Waals surface area contributed by atoms with Gasteiger partial charge in [0.1, 0.15) is 5.76 Å². The quantitative estimate of drug-likeness (QED) is 0.685. The first-order chi connectivity index (χ1) is 5.88. The Bertz CT molecular complexity index is 370. The highest BCUT2D eigenvalue weighted by Crippen LogP contribution is 2.22. The van der Waals surface area contributed by atoms with Crippen molar-refractivity contribution in [3.63, 3.8) is 0 Å². The Labute approximate surface area is 69.0 Å². The Balaban J connectivity index is 2.55. The summed E-state index contributed by atoms with van der Waals surface area (Å²) in [6.07, 6.45) is 3.17. The van der Waals surface area contributed by atoms with Gasteiger partial charge in [-0.3, -0.25) is 0 Å². The molecule has 0 aliphatic heterocycles. The van der Waals surface area contributed by atoms with Crippen LogP contribution in [0.25, 0.3) is 11.3 Å². The number of nitrogens with two attached hydrogens (primary N) is 1. The Hall–Kier alpha value is -1.84. The largest absolute Gasteiger partial charge is 0.464 e. The third-order valence-electron chi connectivity index (χ3n) is 1.54. The molecule has 2 heterocycles. The van der Waals surface area contributed by atoms with Crippen LogP contribution >= 0.6 is 0 Å². The average Bonchev–Trinajstić information content (AvgIpc) is 2.57. The molecule has 0 amide bonds. The van der Waals surface area contributed by atoms with Gasteiger partial charge in [0.05, 0.1) is 18.0 Å². The van der Waals surface area contributed by atoms with Crippen molar-refractivity contribution in [1.82, 2.24) is 10.2 Å². The van der Waals surface area contributed by atoms with Crippen LogP contribution in [0.4, 0.5) is 5.82 Å². The maximum absolute atomic E-state index is 5.58.